The van der Waals surface area contributed by atoms with Gasteiger partial charge in [0, 0.05) is 6.42 Å². The van der Waals surface area contributed by atoms with E-state index in [1.807, 2.05) is 68.4 Å². The molecule has 310 valence electrons. The first-order valence-electron chi connectivity index (χ1n) is 19.9. The van der Waals surface area contributed by atoms with E-state index in [9.17, 15) is 38.7 Å². The van der Waals surface area contributed by atoms with Crippen molar-refractivity contribution in [1.29, 1.82) is 0 Å². The number of ketones is 1. The predicted molar refractivity (Wildman–Crippen MR) is 217 cm³/mol. The summed E-state index contributed by atoms with van der Waals surface area (Å²) in [6, 6.07) is 20.3. The molecule has 1 saturated carbocycles. The predicted octanol–water partition coefficient (Wildman–Crippen LogP) is 4.62. The Labute approximate surface area is 339 Å². The average molecular weight is 798 g/mol. The van der Waals surface area contributed by atoms with Crippen LogP contribution in [-0.4, -0.2) is 77.9 Å². The van der Waals surface area contributed by atoms with E-state index in [4.69, 9.17) is 4.74 Å². The number of alkyl carbamates (subject to hydrolysis) is 1. The Hall–Kier alpha value is -6.05. The van der Waals surface area contributed by atoms with Crippen molar-refractivity contribution < 1.29 is 43.4 Å². The maximum absolute atomic E-state index is 14.1. The molecule has 0 aliphatic heterocycles. The third kappa shape index (κ3) is 13.9. The number of carboxylic acids is 1. The van der Waals surface area contributed by atoms with Crippen LogP contribution >= 0.6 is 0 Å². The molecule has 4 atom stereocenters. The van der Waals surface area contributed by atoms with Crippen LogP contribution in [0.2, 0.25) is 0 Å². The van der Waals surface area contributed by atoms with Gasteiger partial charge in [0.2, 0.25) is 23.5 Å². The number of carbonyl (C=O) groups excluding carboxylic acids is 6. The Morgan fingerprint density at radius 2 is 1.33 bits per heavy atom. The summed E-state index contributed by atoms with van der Waals surface area (Å²) in [6.45, 7) is 5.03. The van der Waals surface area contributed by atoms with Gasteiger partial charge in [-0.15, -0.1) is 0 Å². The molecule has 58 heavy (non-hydrogen) atoms. The van der Waals surface area contributed by atoms with E-state index in [0.717, 1.165) is 30.4 Å². The summed E-state index contributed by atoms with van der Waals surface area (Å²) in [5.41, 5.74) is 2.97. The van der Waals surface area contributed by atoms with Gasteiger partial charge in [0.1, 0.15) is 12.1 Å². The minimum absolute atomic E-state index is 0.0212. The molecule has 3 aromatic rings. The van der Waals surface area contributed by atoms with Crippen LogP contribution in [0.15, 0.2) is 84.9 Å². The molecule has 1 fully saturated rings. The Balaban J connectivity index is 1.51. The normalized spacial score (nSPS) is 14.8. The lowest BCUT2D eigenvalue weighted by Gasteiger charge is -2.31. The lowest BCUT2D eigenvalue weighted by atomic mass is 9.83. The van der Waals surface area contributed by atoms with E-state index in [-0.39, 0.29) is 31.3 Å². The van der Waals surface area contributed by atoms with Gasteiger partial charge < -0.3 is 36.4 Å². The summed E-state index contributed by atoms with van der Waals surface area (Å²) in [7, 11) is 0. The Morgan fingerprint density at radius 1 is 0.724 bits per heavy atom. The van der Waals surface area contributed by atoms with E-state index in [1.165, 1.54) is 12.1 Å². The van der Waals surface area contributed by atoms with E-state index >= 15 is 0 Å². The molecule has 5 amide bonds. The maximum atomic E-state index is 14.1. The standard InChI is InChI=1S/C44H55N5O9/c1-4-14-34(39(51)42(54)45-26-36(50)48-38(43(55)56)33-19-12-7-13-20-33)46-40(52)35(25-29-21-23-31(24-22-29)30-15-8-5-9-16-30)47-41(53)37(32-17-10-6-11-18-32)49-44(57)58-27-28(2)3/h5,7-9,12-13,15-16,19-24,28,32,34-35,37-38H,4,6,10-11,14,17-18,25-27H2,1-3H3,(H,45,54)(H,46,52)(H,47,53)(H,48,50)(H,49,57)(H,55,56)/t34?,35-,37-,38-/m0/s1. The number of amides is 5. The summed E-state index contributed by atoms with van der Waals surface area (Å²) >= 11 is 0. The Morgan fingerprint density at radius 3 is 1.93 bits per heavy atom. The number of carbonyl (C=O) groups is 7. The summed E-state index contributed by atoms with van der Waals surface area (Å²) in [6.07, 6.45) is 3.92. The number of benzene rings is 3. The number of ether oxygens (including phenoxy) is 1. The largest absolute Gasteiger partial charge is 0.479 e. The zero-order chi connectivity index (χ0) is 42.0. The zero-order valence-electron chi connectivity index (χ0n) is 33.3. The van der Waals surface area contributed by atoms with Gasteiger partial charge in [0.25, 0.3) is 5.91 Å². The number of nitrogens with one attached hydrogen (secondary N) is 5. The van der Waals surface area contributed by atoms with Crippen molar-refractivity contribution in [3.63, 3.8) is 0 Å². The highest BCUT2D eigenvalue weighted by Crippen LogP contribution is 2.27. The molecule has 3 aromatic carbocycles. The minimum atomic E-state index is -1.38. The van der Waals surface area contributed by atoms with Gasteiger partial charge >= 0.3 is 12.1 Å². The van der Waals surface area contributed by atoms with Crippen LogP contribution in [0.4, 0.5) is 4.79 Å². The molecule has 14 nitrogen and oxygen atoms in total. The molecule has 0 radical (unpaired) electrons. The van der Waals surface area contributed by atoms with Crippen molar-refractivity contribution in [3.05, 3.63) is 96.1 Å². The minimum Gasteiger partial charge on any atom is -0.479 e. The molecule has 1 unspecified atom stereocenters. The summed E-state index contributed by atoms with van der Waals surface area (Å²) in [5.74, 6) is -5.75. The molecule has 0 heterocycles. The summed E-state index contributed by atoms with van der Waals surface area (Å²) < 4.78 is 5.35. The molecule has 0 saturated heterocycles. The van der Waals surface area contributed by atoms with Crippen LogP contribution in [0.3, 0.4) is 0 Å². The van der Waals surface area contributed by atoms with E-state index < -0.39 is 72.2 Å². The second-order valence-electron chi connectivity index (χ2n) is 15.0. The van der Waals surface area contributed by atoms with Crippen molar-refractivity contribution in [2.45, 2.75) is 96.3 Å². The van der Waals surface area contributed by atoms with Gasteiger partial charge in [-0.3, -0.25) is 24.0 Å². The monoisotopic (exact) mass is 797 g/mol. The number of rotatable bonds is 20. The van der Waals surface area contributed by atoms with Crippen molar-refractivity contribution in [1.82, 2.24) is 26.6 Å². The fourth-order valence-electron chi connectivity index (χ4n) is 6.83. The first-order valence-corrected chi connectivity index (χ1v) is 19.9. The first-order chi connectivity index (χ1) is 27.9. The lowest BCUT2D eigenvalue weighted by molar-refractivity contribution is -0.142. The van der Waals surface area contributed by atoms with Crippen LogP contribution in [0.1, 0.15) is 82.9 Å². The second-order valence-corrected chi connectivity index (χ2v) is 15.0. The molecule has 0 bridgehead atoms. The van der Waals surface area contributed by atoms with Crippen molar-refractivity contribution in [3.8, 4) is 11.1 Å². The highest BCUT2D eigenvalue weighted by Gasteiger charge is 2.35. The van der Waals surface area contributed by atoms with Gasteiger partial charge in [0.05, 0.1) is 19.2 Å². The van der Waals surface area contributed by atoms with Crippen molar-refractivity contribution >= 4 is 41.5 Å². The highest BCUT2D eigenvalue weighted by molar-refractivity contribution is 6.38. The summed E-state index contributed by atoms with van der Waals surface area (Å²) in [4.78, 5) is 92.1. The third-order valence-electron chi connectivity index (χ3n) is 9.89. The van der Waals surface area contributed by atoms with Gasteiger partial charge in [-0.2, -0.15) is 0 Å². The molecule has 14 heteroatoms. The number of Topliss-reactive ketones (excluding diaryl/α,β-unsaturated/α-hetero) is 1. The molecular formula is C44H55N5O9. The summed E-state index contributed by atoms with van der Waals surface area (Å²) in [5, 5.41) is 22.4. The van der Waals surface area contributed by atoms with Gasteiger partial charge in [-0.1, -0.05) is 131 Å². The van der Waals surface area contributed by atoms with Crippen LogP contribution in [0.25, 0.3) is 11.1 Å². The topological polar surface area (TPSA) is 209 Å². The molecule has 0 spiro atoms. The second kappa shape index (κ2) is 22.6. The molecule has 6 N–H and O–H groups in total. The van der Waals surface area contributed by atoms with Crippen LogP contribution in [0, 0.1) is 11.8 Å². The van der Waals surface area contributed by atoms with Crippen LogP contribution < -0.4 is 26.6 Å². The number of hydrogen-bond donors (Lipinski definition) is 6. The fourth-order valence-corrected chi connectivity index (χ4v) is 6.83. The Bertz CT molecular complexity index is 1850. The maximum Gasteiger partial charge on any atom is 0.407 e. The van der Waals surface area contributed by atoms with Gasteiger partial charge in [-0.25, -0.2) is 9.59 Å². The Kier molecular flexibility index (Phi) is 17.4. The average Bonchev–Trinajstić information content (AvgIpc) is 3.23. The zero-order valence-corrected chi connectivity index (χ0v) is 33.3. The van der Waals surface area contributed by atoms with Gasteiger partial charge in [-0.05, 0) is 53.4 Å². The van der Waals surface area contributed by atoms with E-state index in [1.54, 1.807) is 25.1 Å². The van der Waals surface area contributed by atoms with E-state index in [0.29, 0.717) is 30.4 Å². The first kappa shape index (κ1) is 44.7. The number of hydrogen-bond acceptors (Lipinski definition) is 8. The third-order valence-corrected chi connectivity index (χ3v) is 9.89. The molecular weight excluding hydrogens is 743 g/mol. The quantitative estimate of drug-likeness (QED) is 0.0880. The molecule has 0 aromatic heterocycles. The lowest BCUT2D eigenvalue weighted by Crippen LogP contribution is -2.59. The highest BCUT2D eigenvalue weighted by atomic mass is 16.5. The SMILES string of the molecule is CCCC(NC(=O)[C@H](Cc1ccc(-c2ccccc2)cc1)NC(=O)[C@@H](NC(=O)OCC(C)C)C1CCCCC1)C(=O)C(=O)NCC(=O)N[C@H](C(=O)O)c1ccccc1. The van der Waals surface area contributed by atoms with Crippen molar-refractivity contribution in [2.24, 2.45) is 11.8 Å². The smallest absolute Gasteiger partial charge is 0.407 e. The van der Waals surface area contributed by atoms with Crippen molar-refractivity contribution in [2.75, 3.05) is 13.2 Å². The molecule has 1 aliphatic rings. The van der Waals surface area contributed by atoms with Crippen LogP contribution in [-0.2, 0) is 39.9 Å². The van der Waals surface area contributed by atoms with E-state index in [2.05, 4.69) is 26.6 Å². The fraction of sp³-hybridized carbons (Fsp3) is 0.432. The van der Waals surface area contributed by atoms with Gasteiger partial charge in [0.15, 0.2) is 6.04 Å². The number of carboxylic acid groups (broad SMARTS) is 1. The molecule has 1 aliphatic carbocycles. The van der Waals surface area contributed by atoms with Crippen LogP contribution in [0.5, 0.6) is 0 Å². The molecule has 4 rings (SSSR count). The number of aliphatic carboxylic acids is 1.